The molecule has 0 spiro atoms. The largest absolute Gasteiger partial charge is 0.398 e. The smallest absolute Gasteiger partial charge is 0.0705 e. The number of anilines is 1. The molecule has 0 aliphatic heterocycles. The SMILES string of the molecule is N=C(c1ccccc1)c1ccc2ccccc2c1N. The minimum atomic E-state index is 0.462. The van der Waals surface area contributed by atoms with E-state index in [9.17, 15) is 0 Å². The zero-order chi connectivity index (χ0) is 13.2. The lowest BCUT2D eigenvalue weighted by molar-refractivity contribution is 1.46. The summed E-state index contributed by atoms with van der Waals surface area (Å²) < 4.78 is 0. The number of nitrogen functional groups attached to an aromatic ring is 1. The first kappa shape index (κ1) is 11.5. The van der Waals surface area contributed by atoms with E-state index in [0.29, 0.717) is 11.4 Å². The fraction of sp³-hybridized carbons (Fsp3) is 0. The van der Waals surface area contributed by atoms with Gasteiger partial charge < -0.3 is 5.73 Å². The third kappa shape index (κ3) is 1.97. The van der Waals surface area contributed by atoms with E-state index in [2.05, 4.69) is 0 Å². The van der Waals surface area contributed by atoms with Crippen molar-refractivity contribution < 1.29 is 0 Å². The van der Waals surface area contributed by atoms with Crippen molar-refractivity contribution in [3.63, 3.8) is 0 Å². The number of benzene rings is 3. The summed E-state index contributed by atoms with van der Waals surface area (Å²) in [6.45, 7) is 0. The highest BCUT2D eigenvalue weighted by molar-refractivity contribution is 6.17. The normalized spacial score (nSPS) is 10.5. The Kier molecular flexibility index (Phi) is 2.76. The van der Waals surface area contributed by atoms with E-state index in [1.807, 2.05) is 66.7 Å². The Balaban J connectivity index is 2.16. The minimum Gasteiger partial charge on any atom is -0.398 e. The van der Waals surface area contributed by atoms with Crippen molar-refractivity contribution in [3.05, 3.63) is 77.9 Å². The number of hydrogen-bond donors (Lipinski definition) is 2. The Bertz CT molecular complexity index is 746. The highest BCUT2D eigenvalue weighted by Crippen LogP contribution is 2.26. The lowest BCUT2D eigenvalue weighted by Gasteiger charge is -2.10. The van der Waals surface area contributed by atoms with Crippen LogP contribution in [0.5, 0.6) is 0 Å². The zero-order valence-corrected chi connectivity index (χ0v) is 10.4. The van der Waals surface area contributed by atoms with Crippen LogP contribution in [-0.4, -0.2) is 5.71 Å². The van der Waals surface area contributed by atoms with Crippen LogP contribution in [-0.2, 0) is 0 Å². The minimum absolute atomic E-state index is 0.462. The van der Waals surface area contributed by atoms with E-state index in [-0.39, 0.29) is 0 Å². The van der Waals surface area contributed by atoms with Crippen molar-refractivity contribution in [2.24, 2.45) is 0 Å². The van der Waals surface area contributed by atoms with Gasteiger partial charge in [0, 0.05) is 22.2 Å². The van der Waals surface area contributed by atoms with Gasteiger partial charge in [0.05, 0.1) is 5.71 Å². The quantitative estimate of drug-likeness (QED) is 0.524. The van der Waals surface area contributed by atoms with E-state index in [4.69, 9.17) is 11.1 Å². The van der Waals surface area contributed by atoms with Gasteiger partial charge in [0.15, 0.2) is 0 Å². The highest BCUT2D eigenvalue weighted by atomic mass is 14.6. The summed E-state index contributed by atoms with van der Waals surface area (Å²) in [6, 6.07) is 21.6. The maximum Gasteiger partial charge on any atom is 0.0705 e. The molecular weight excluding hydrogens is 232 g/mol. The van der Waals surface area contributed by atoms with E-state index < -0.39 is 0 Å². The Hall–Kier alpha value is -2.61. The maximum atomic E-state index is 8.31. The van der Waals surface area contributed by atoms with Crippen molar-refractivity contribution in [2.45, 2.75) is 0 Å². The second-order valence-corrected chi connectivity index (χ2v) is 4.49. The third-order valence-electron chi connectivity index (χ3n) is 3.30. The van der Waals surface area contributed by atoms with Gasteiger partial charge in [0.2, 0.25) is 0 Å². The van der Waals surface area contributed by atoms with Gasteiger partial charge in [-0.3, -0.25) is 5.41 Å². The molecule has 0 atom stereocenters. The topological polar surface area (TPSA) is 49.9 Å². The number of nitrogens with one attached hydrogen (secondary N) is 1. The van der Waals surface area contributed by atoms with E-state index in [1.165, 1.54) is 0 Å². The second-order valence-electron chi connectivity index (χ2n) is 4.49. The van der Waals surface area contributed by atoms with Crippen LogP contribution in [0, 0.1) is 5.41 Å². The van der Waals surface area contributed by atoms with Crippen molar-refractivity contribution >= 4 is 22.2 Å². The Morgan fingerprint density at radius 2 is 1.47 bits per heavy atom. The average Bonchev–Trinajstić information content (AvgIpc) is 2.48. The molecule has 0 heterocycles. The van der Waals surface area contributed by atoms with Crippen LogP contribution in [0.4, 0.5) is 5.69 Å². The molecule has 2 heteroatoms. The second kappa shape index (κ2) is 4.58. The monoisotopic (exact) mass is 246 g/mol. The molecule has 3 aromatic carbocycles. The maximum absolute atomic E-state index is 8.31. The zero-order valence-electron chi connectivity index (χ0n) is 10.4. The molecule has 0 saturated carbocycles. The summed E-state index contributed by atoms with van der Waals surface area (Å²) in [7, 11) is 0. The summed E-state index contributed by atoms with van der Waals surface area (Å²) in [4.78, 5) is 0. The Labute approximate surface area is 112 Å². The Morgan fingerprint density at radius 3 is 2.26 bits per heavy atom. The van der Waals surface area contributed by atoms with Crippen LogP contribution in [0.2, 0.25) is 0 Å². The molecule has 0 unspecified atom stereocenters. The fourth-order valence-electron chi connectivity index (χ4n) is 2.27. The molecule has 0 aliphatic rings. The van der Waals surface area contributed by atoms with Crippen LogP contribution in [0.15, 0.2) is 66.7 Å². The standard InChI is InChI=1S/C17H14N2/c18-16(13-7-2-1-3-8-13)15-11-10-12-6-4-5-9-14(12)17(15)19/h1-11,18H,19H2. The van der Waals surface area contributed by atoms with E-state index in [0.717, 1.165) is 21.9 Å². The molecule has 3 N–H and O–H groups in total. The molecule has 0 aromatic heterocycles. The summed E-state index contributed by atoms with van der Waals surface area (Å²) in [5.74, 6) is 0. The number of nitrogens with two attached hydrogens (primary N) is 1. The molecule has 2 nitrogen and oxygen atoms in total. The van der Waals surface area contributed by atoms with Gasteiger partial charge >= 0.3 is 0 Å². The lowest BCUT2D eigenvalue weighted by Crippen LogP contribution is -2.05. The highest BCUT2D eigenvalue weighted by Gasteiger charge is 2.10. The van der Waals surface area contributed by atoms with Gasteiger partial charge in [-0.25, -0.2) is 0 Å². The average molecular weight is 246 g/mol. The van der Waals surface area contributed by atoms with Gasteiger partial charge in [0.1, 0.15) is 0 Å². The van der Waals surface area contributed by atoms with Crippen molar-refractivity contribution in [1.82, 2.24) is 0 Å². The van der Waals surface area contributed by atoms with Crippen molar-refractivity contribution in [1.29, 1.82) is 5.41 Å². The number of hydrogen-bond acceptors (Lipinski definition) is 2. The lowest BCUT2D eigenvalue weighted by atomic mass is 9.97. The van der Waals surface area contributed by atoms with Crippen LogP contribution >= 0.6 is 0 Å². The van der Waals surface area contributed by atoms with Gasteiger partial charge in [-0.15, -0.1) is 0 Å². The predicted molar refractivity (Wildman–Crippen MR) is 80.7 cm³/mol. The summed E-state index contributed by atoms with van der Waals surface area (Å²) in [6.07, 6.45) is 0. The molecule has 0 aliphatic carbocycles. The molecule has 0 radical (unpaired) electrons. The van der Waals surface area contributed by atoms with Crippen molar-refractivity contribution in [3.8, 4) is 0 Å². The summed E-state index contributed by atoms with van der Waals surface area (Å²) in [5.41, 5.74) is 9.01. The molecule has 0 amide bonds. The van der Waals surface area contributed by atoms with Crippen LogP contribution in [0.1, 0.15) is 11.1 Å². The first-order valence-corrected chi connectivity index (χ1v) is 6.19. The third-order valence-corrected chi connectivity index (χ3v) is 3.30. The van der Waals surface area contributed by atoms with Gasteiger partial charge in [-0.05, 0) is 5.39 Å². The number of rotatable bonds is 2. The first-order chi connectivity index (χ1) is 9.27. The van der Waals surface area contributed by atoms with Crippen LogP contribution < -0.4 is 5.73 Å². The first-order valence-electron chi connectivity index (χ1n) is 6.19. The summed E-state index contributed by atoms with van der Waals surface area (Å²) >= 11 is 0. The predicted octanol–water partition coefficient (Wildman–Crippen LogP) is 3.84. The fourth-order valence-corrected chi connectivity index (χ4v) is 2.27. The Morgan fingerprint density at radius 1 is 0.789 bits per heavy atom. The molecular formula is C17H14N2. The van der Waals surface area contributed by atoms with Crippen LogP contribution in [0.3, 0.4) is 0 Å². The molecule has 3 aromatic rings. The van der Waals surface area contributed by atoms with Gasteiger partial charge in [-0.2, -0.15) is 0 Å². The number of fused-ring (bicyclic) bond motifs is 1. The van der Waals surface area contributed by atoms with Gasteiger partial charge in [-0.1, -0.05) is 66.7 Å². The van der Waals surface area contributed by atoms with E-state index in [1.54, 1.807) is 0 Å². The van der Waals surface area contributed by atoms with E-state index >= 15 is 0 Å². The van der Waals surface area contributed by atoms with Gasteiger partial charge in [0.25, 0.3) is 0 Å². The summed E-state index contributed by atoms with van der Waals surface area (Å²) in [5, 5.41) is 10.4. The van der Waals surface area contributed by atoms with Crippen molar-refractivity contribution in [2.75, 3.05) is 5.73 Å². The molecule has 0 fully saturated rings. The molecule has 3 rings (SSSR count). The van der Waals surface area contributed by atoms with Crippen LogP contribution in [0.25, 0.3) is 10.8 Å². The molecule has 19 heavy (non-hydrogen) atoms. The molecule has 92 valence electrons. The molecule has 0 bridgehead atoms. The molecule has 0 saturated heterocycles.